The van der Waals surface area contributed by atoms with Crippen LogP contribution < -0.4 is 10.6 Å². The maximum atomic E-state index is 12.1. The molecule has 0 aromatic carbocycles. The summed E-state index contributed by atoms with van der Waals surface area (Å²) in [5, 5.41) is 5.89. The number of anilines is 1. The lowest BCUT2D eigenvalue weighted by Crippen LogP contribution is -2.41. The van der Waals surface area contributed by atoms with Crippen molar-refractivity contribution < 1.29 is 9.53 Å². The maximum absolute atomic E-state index is 12.1. The van der Waals surface area contributed by atoms with Gasteiger partial charge in [-0.15, -0.1) is 0 Å². The van der Waals surface area contributed by atoms with Crippen molar-refractivity contribution in [3.05, 3.63) is 18.1 Å². The molecule has 2 unspecified atom stereocenters. The Hall–Kier alpha value is -1.69. The van der Waals surface area contributed by atoms with Crippen LogP contribution in [0.5, 0.6) is 0 Å². The zero-order valence-corrected chi connectivity index (χ0v) is 10.9. The molecule has 2 fully saturated rings. The van der Waals surface area contributed by atoms with Gasteiger partial charge in [0, 0.05) is 13.7 Å². The third-order valence-corrected chi connectivity index (χ3v) is 3.68. The number of amides is 1. The van der Waals surface area contributed by atoms with Crippen LogP contribution in [0.3, 0.4) is 0 Å². The number of nitrogens with one attached hydrogen (secondary N) is 2. The average Bonchev–Trinajstić information content (AvgIpc) is 3.19. The normalized spacial score (nSPS) is 26.2. The Labute approximate surface area is 112 Å². The Morgan fingerprint density at radius 2 is 2.16 bits per heavy atom. The van der Waals surface area contributed by atoms with Crippen LogP contribution in [-0.4, -0.2) is 41.7 Å². The highest BCUT2D eigenvalue weighted by Gasteiger charge is 2.41. The summed E-state index contributed by atoms with van der Waals surface area (Å²) in [5.74, 6) is 1.11. The van der Waals surface area contributed by atoms with Crippen LogP contribution in [0.2, 0.25) is 0 Å². The van der Waals surface area contributed by atoms with Crippen molar-refractivity contribution in [2.24, 2.45) is 5.92 Å². The topological polar surface area (TPSA) is 76.1 Å². The molecule has 2 atom stereocenters. The van der Waals surface area contributed by atoms with E-state index in [4.69, 9.17) is 4.74 Å². The van der Waals surface area contributed by atoms with Crippen LogP contribution in [0.25, 0.3) is 0 Å². The average molecular weight is 262 g/mol. The molecule has 0 spiro atoms. The molecule has 1 amide bonds. The minimum Gasteiger partial charge on any atom is -0.376 e. The lowest BCUT2D eigenvalue weighted by Gasteiger charge is -2.19. The minimum absolute atomic E-state index is 0.116. The molecule has 19 heavy (non-hydrogen) atoms. The molecule has 3 rings (SSSR count). The quantitative estimate of drug-likeness (QED) is 0.840. The van der Waals surface area contributed by atoms with E-state index in [1.54, 1.807) is 13.2 Å². The summed E-state index contributed by atoms with van der Waals surface area (Å²) in [7, 11) is 1.76. The molecule has 1 aromatic heterocycles. The molecular formula is C13H18N4O2. The van der Waals surface area contributed by atoms with Crippen LogP contribution in [0, 0.1) is 5.92 Å². The van der Waals surface area contributed by atoms with Crippen LogP contribution in [0.15, 0.2) is 12.4 Å². The van der Waals surface area contributed by atoms with Gasteiger partial charge in [0.25, 0.3) is 5.91 Å². The SMILES string of the molecule is CNc1cnc(C(=O)NC2CCOC2C2CC2)cn1. The fourth-order valence-electron chi connectivity index (χ4n) is 2.47. The van der Waals surface area contributed by atoms with Crippen molar-refractivity contribution in [3.8, 4) is 0 Å². The number of nitrogens with zero attached hydrogens (tertiary/aromatic N) is 2. The van der Waals surface area contributed by atoms with Gasteiger partial charge in [-0.25, -0.2) is 9.97 Å². The molecule has 102 valence electrons. The number of ether oxygens (including phenoxy) is 1. The van der Waals surface area contributed by atoms with Crippen molar-refractivity contribution in [2.75, 3.05) is 19.0 Å². The standard InChI is InChI=1S/C13H18N4O2/c1-14-11-7-15-10(6-16-11)13(18)17-9-4-5-19-12(9)8-2-3-8/h6-9,12H,2-5H2,1H3,(H,14,16)(H,17,18). The van der Waals surface area contributed by atoms with Gasteiger partial charge in [-0.1, -0.05) is 0 Å². The first-order chi connectivity index (χ1) is 9.28. The smallest absolute Gasteiger partial charge is 0.271 e. The van der Waals surface area contributed by atoms with Gasteiger partial charge in [0.1, 0.15) is 11.5 Å². The van der Waals surface area contributed by atoms with E-state index in [-0.39, 0.29) is 18.1 Å². The molecule has 2 N–H and O–H groups in total. The van der Waals surface area contributed by atoms with Crippen molar-refractivity contribution in [1.82, 2.24) is 15.3 Å². The van der Waals surface area contributed by atoms with Crippen molar-refractivity contribution in [3.63, 3.8) is 0 Å². The lowest BCUT2D eigenvalue weighted by atomic mass is 10.1. The van der Waals surface area contributed by atoms with Gasteiger partial charge in [0.2, 0.25) is 0 Å². The minimum atomic E-state index is -0.170. The van der Waals surface area contributed by atoms with Crippen LogP contribution in [0.4, 0.5) is 5.82 Å². The van der Waals surface area contributed by atoms with Gasteiger partial charge in [-0.05, 0) is 25.2 Å². The summed E-state index contributed by atoms with van der Waals surface area (Å²) >= 11 is 0. The summed E-state index contributed by atoms with van der Waals surface area (Å²) < 4.78 is 5.70. The Balaban J connectivity index is 1.63. The highest BCUT2D eigenvalue weighted by molar-refractivity contribution is 5.92. The number of rotatable bonds is 4. The molecule has 6 heteroatoms. The highest BCUT2D eigenvalue weighted by Crippen LogP contribution is 2.38. The van der Waals surface area contributed by atoms with E-state index in [1.165, 1.54) is 19.0 Å². The number of carbonyl (C=O) groups excluding carboxylic acids is 1. The van der Waals surface area contributed by atoms with Gasteiger partial charge in [-0.3, -0.25) is 4.79 Å². The molecule has 2 heterocycles. The molecular weight excluding hydrogens is 244 g/mol. The molecule has 6 nitrogen and oxygen atoms in total. The molecule has 1 aromatic rings. The monoisotopic (exact) mass is 262 g/mol. The van der Waals surface area contributed by atoms with Crippen LogP contribution in [-0.2, 0) is 4.74 Å². The first kappa shape index (κ1) is 12.3. The van der Waals surface area contributed by atoms with Crippen LogP contribution >= 0.6 is 0 Å². The molecule has 0 bridgehead atoms. The molecule has 1 saturated heterocycles. The van der Waals surface area contributed by atoms with E-state index in [0.717, 1.165) is 13.0 Å². The summed E-state index contributed by atoms with van der Waals surface area (Å²) in [6, 6.07) is 0.116. The summed E-state index contributed by atoms with van der Waals surface area (Å²) in [4.78, 5) is 20.3. The van der Waals surface area contributed by atoms with Crippen molar-refractivity contribution >= 4 is 11.7 Å². The molecule has 0 radical (unpaired) electrons. The van der Waals surface area contributed by atoms with E-state index < -0.39 is 0 Å². The van der Waals surface area contributed by atoms with Gasteiger partial charge < -0.3 is 15.4 Å². The third kappa shape index (κ3) is 2.68. The van der Waals surface area contributed by atoms with E-state index in [0.29, 0.717) is 17.4 Å². The van der Waals surface area contributed by atoms with Gasteiger partial charge in [0.05, 0.1) is 24.5 Å². The van der Waals surface area contributed by atoms with Gasteiger partial charge >= 0.3 is 0 Å². The number of hydrogen-bond donors (Lipinski definition) is 2. The summed E-state index contributed by atoms with van der Waals surface area (Å²) in [6.07, 6.45) is 6.55. The predicted octanol–water partition coefficient (Wildman–Crippen LogP) is 0.816. The van der Waals surface area contributed by atoms with Gasteiger partial charge in [-0.2, -0.15) is 0 Å². The van der Waals surface area contributed by atoms with Crippen molar-refractivity contribution in [1.29, 1.82) is 0 Å². The van der Waals surface area contributed by atoms with Crippen LogP contribution in [0.1, 0.15) is 29.8 Å². The number of aromatic nitrogens is 2. The lowest BCUT2D eigenvalue weighted by molar-refractivity contribution is 0.0727. The first-order valence-corrected chi connectivity index (χ1v) is 6.70. The van der Waals surface area contributed by atoms with Crippen molar-refractivity contribution in [2.45, 2.75) is 31.4 Å². The first-order valence-electron chi connectivity index (χ1n) is 6.70. The fourth-order valence-corrected chi connectivity index (χ4v) is 2.47. The summed E-state index contributed by atoms with van der Waals surface area (Å²) in [5.41, 5.74) is 0.348. The Morgan fingerprint density at radius 3 is 2.79 bits per heavy atom. The zero-order valence-electron chi connectivity index (χ0n) is 10.9. The number of hydrogen-bond acceptors (Lipinski definition) is 5. The largest absolute Gasteiger partial charge is 0.376 e. The molecule has 1 aliphatic heterocycles. The molecule has 2 aliphatic rings. The zero-order chi connectivity index (χ0) is 13.2. The van der Waals surface area contributed by atoms with E-state index >= 15 is 0 Å². The van der Waals surface area contributed by atoms with E-state index in [9.17, 15) is 4.79 Å². The third-order valence-electron chi connectivity index (χ3n) is 3.68. The second kappa shape index (κ2) is 5.13. The Morgan fingerprint density at radius 1 is 1.32 bits per heavy atom. The Bertz CT molecular complexity index is 458. The second-order valence-electron chi connectivity index (χ2n) is 5.08. The summed E-state index contributed by atoms with van der Waals surface area (Å²) in [6.45, 7) is 0.733. The fraction of sp³-hybridized carbons (Fsp3) is 0.615. The number of carbonyl (C=O) groups is 1. The predicted molar refractivity (Wildman–Crippen MR) is 69.9 cm³/mol. The van der Waals surface area contributed by atoms with Gasteiger partial charge in [0.15, 0.2) is 0 Å². The second-order valence-corrected chi connectivity index (χ2v) is 5.08. The van der Waals surface area contributed by atoms with E-state index in [1.807, 2.05) is 0 Å². The molecule has 1 aliphatic carbocycles. The highest BCUT2D eigenvalue weighted by atomic mass is 16.5. The molecule has 1 saturated carbocycles. The van der Waals surface area contributed by atoms with E-state index in [2.05, 4.69) is 20.6 Å². The maximum Gasteiger partial charge on any atom is 0.271 e. The Kier molecular flexibility index (Phi) is 3.33.